The normalized spacial score (nSPS) is 10.3. The van der Waals surface area contributed by atoms with E-state index < -0.39 is 5.97 Å². The zero-order valence-corrected chi connectivity index (χ0v) is 10.9. The number of carbonyl (C=O) groups is 1. The van der Waals surface area contributed by atoms with Gasteiger partial charge >= 0.3 is 5.97 Å². The van der Waals surface area contributed by atoms with Gasteiger partial charge in [0.05, 0.1) is 19.8 Å². The van der Waals surface area contributed by atoms with Crippen LogP contribution >= 0.6 is 0 Å². The molecule has 0 amide bonds. The smallest absolute Gasteiger partial charge is 0.361 e. The minimum absolute atomic E-state index is 0.0598. The number of nitrogens with two attached hydrogens (primary N) is 1. The Bertz CT molecular complexity index is 619. The van der Waals surface area contributed by atoms with Crippen molar-refractivity contribution in [1.29, 1.82) is 0 Å². The van der Waals surface area contributed by atoms with Gasteiger partial charge in [-0.25, -0.2) is 4.79 Å². The third-order valence-electron chi connectivity index (χ3n) is 2.78. The number of nitrogens with zero attached hydrogens (tertiary/aromatic N) is 1. The number of aryl methyl sites for hydroxylation is 1. The Morgan fingerprint density at radius 1 is 1.37 bits per heavy atom. The number of benzene rings is 1. The first-order valence-electron chi connectivity index (χ1n) is 5.57. The molecule has 0 fully saturated rings. The number of nitrogen functional groups attached to an aromatic ring is 1. The van der Waals surface area contributed by atoms with Crippen LogP contribution in [0.25, 0.3) is 11.1 Å². The van der Waals surface area contributed by atoms with Gasteiger partial charge in [0.15, 0.2) is 0 Å². The van der Waals surface area contributed by atoms with E-state index in [1.165, 1.54) is 7.11 Å². The highest BCUT2D eigenvalue weighted by atomic mass is 16.5. The first kappa shape index (κ1) is 12.9. The fourth-order valence-corrected chi connectivity index (χ4v) is 1.85. The average molecular weight is 262 g/mol. The number of anilines is 1. The van der Waals surface area contributed by atoms with Crippen LogP contribution in [0, 0.1) is 6.92 Å². The molecule has 0 saturated heterocycles. The van der Waals surface area contributed by atoms with Gasteiger partial charge in [0.1, 0.15) is 5.75 Å². The van der Waals surface area contributed by atoms with E-state index in [1.54, 1.807) is 19.2 Å². The van der Waals surface area contributed by atoms with Crippen molar-refractivity contribution in [1.82, 2.24) is 5.16 Å². The zero-order chi connectivity index (χ0) is 14.0. The van der Waals surface area contributed by atoms with Crippen molar-refractivity contribution in [2.45, 2.75) is 6.92 Å². The molecule has 1 heterocycles. The number of carbonyl (C=O) groups excluding carboxylic acids is 1. The van der Waals surface area contributed by atoms with Crippen molar-refractivity contribution in [2.24, 2.45) is 0 Å². The SMILES string of the molecule is COC(=O)c1noc(N)c1-c1ccc(OC)c(C)c1. The van der Waals surface area contributed by atoms with Gasteiger partial charge in [0.2, 0.25) is 11.6 Å². The fourth-order valence-electron chi connectivity index (χ4n) is 1.85. The predicted octanol–water partition coefficient (Wildman–Crippen LogP) is 2.03. The monoisotopic (exact) mass is 262 g/mol. The average Bonchev–Trinajstić information content (AvgIpc) is 2.79. The molecular formula is C13H14N2O4. The van der Waals surface area contributed by atoms with Gasteiger partial charge in [-0.1, -0.05) is 11.2 Å². The molecule has 0 unspecified atom stereocenters. The van der Waals surface area contributed by atoms with E-state index in [1.807, 2.05) is 13.0 Å². The van der Waals surface area contributed by atoms with Crippen molar-refractivity contribution >= 4 is 11.9 Å². The molecule has 0 aliphatic rings. The Labute approximate surface area is 110 Å². The van der Waals surface area contributed by atoms with E-state index in [4.69, 9.17) is 15.0 Å². The van der Waals surface area contributed by atoms with Crippen LogP contribution in [-0.4, -0.2) is 25.3 Å². The molecule has 19 heavy (non-hydrogen) atoms. The second-order valence-electron chi connectivity index (χ2n) is 3.95. The Balaban J connectivity index is 2.55. The lowest BCUT2D eigenvalue weighted by molar-refractivity contribution is 0.0590. The second-order valence-corrected chi connectivity index (χ2v) is 3.95. The van der Waals surface area contributed by atoms with Crippen LogP contribution in [0.3, 0.4) is 0 Å². The van der Waals surface area contributed by atoms with Gasteiger partial charge < -0.3 is 19.7 Å². The zero-order valence-electron chi connectivity index (χ0n) is 10.9. The van der Waals surface area contributed by atoms with Crippen molar-refractivity contribution in [3.05, 3.63) is 29.5 Å². The summed E-state index contributed by atoms with van der Waals surface area (Å²) in [6.45, 7) is 1.89. The highest BCUT2D eigenvalue weighted by Crippen LogP contribution is 2.32. The molecule has 0 aliphatic carbocycles. The van der Waals surface area contributed by atoms with Crippen LogP contribution in [-0.2, 0) is 4.74 Å². The molecule has 2 rings (SSSR count). The predicted molar refractivity (Wildman–Crippen MR) is 69.0 cm³/mol. The summed E-state index contributed by atoms with van der Waals surface area (Å²) in [4.78, 5) is 11.6. The summed E-state index contributed by atoms with van der Waals surface area (Å²) in [6.07, 6.45) is 0. The molecule has 6 heteroatoms. The van der Waals surface area contributed by atoms with Crippen molar-refractivity contribution in [2.75, 3.05) is 20.0 Å². The van der Waals surface area contributed by atoms with E-state index in [9.17, 15) is 4.79 Å². The highest BCUT2D eigenvalue weighted by Gasteiger charge is 2.22. The molecule has 0 saturated carbocycles. The fraction of sp³-hybridized carbons (Fsp3) is 0.231. The summed E-state index contributed by atoms with van der Waals surface area (Å²) < 4.78 is 14.7. The highest BCUT2D eigenvalue weighted by molar-refractivity contribution is 5.98. The lowest BCUT2D eigenvalue weighted by Gasteiger charge is -2.07. The standard InChI is InChI=1S/C13H14N2O4/c1-7-6-8(4-5-9(7)17-2)10-11(13(16)18-3)15-19-12(10)14/h4-6H,14H2,1-3H3. The van der Waals surface area contributed by atoms with E-state index in [2.05, 4.69) is 9.89 Å². The van der Waals surface area contributed by atoms with Gasteiger partial charge in [-0.3, -0.25) is 0 Å². The van der Waals surface area contributed by atoms with E-state index in [-0.39, 0.29) is 11.6 Å². The number of aromatic nitrogens is 1. The molecule has 0 bridgehead atoms. The molecule has 100 valence electrons. The Morgan fingerprint density at radius 2 is 2.11 bits per heavy atom. The lowest BCUT2D eigenvalue weighted by Crippen LogP contribution is -2.04. The summed E-state index contributed by atoms with van der Waals surface area (Å²) >= 11 is 0. The van der Waals surface area contributed by atoms with Crippen LogP contribution < -0.4 is 10.5 Å². The first-order chi connectivity index (χ1) is 9.08. The quantitative estimate of drug-likeness (QED) is 0.851. The molecule has 6 nitrogen and oxygen atoms in total. The van der Waals surface area contributed by atoms with Crippen LogP contribution in [0.5, 0.6) is 5.75 Å². The number of hydrogen-bond donors (Lipinski definition) is 1. The molecular weight excluding hydrogens is 248 g/mol. The van der Waals surface area contributed by atoms with Crippen LogP contribution in [0.2, 0.25) is 0 Å². The number of esters is 1. The molecule has 2 N–H and O–H groups in total. The second kappa shape index (κ2) is 5.01. The third kappa shape index (κ3) is 2.24. The third-order valence-corrected chi connectivity index (χ3v) is 2.78. The van der Waals surface area contributed by atoms with Gasteiger partial charge in [-0.05, 0) is 30.2 Å². The van der Waals surface area contributed by atoms with E-state index in [0.717, 1.165) is 16.9 Å². The van der Waals surface area contributed by atoms with Gasteiger partial charge in [-0.2, -0.15) is 0 Å². The van der Waals surface area contributed by atoms with Crippen molar-refractivity contribution in [3.63, 3.8) is 0 Å². The minimum Gasteiger partial charge on any atom is -0.496 e. The topological polar surface area (TPSA) is 87.6 Å². The largest absolute Gasteiger partial charge is 0.496 e. The summed E-state index contributed by atoms with van der Waals surface area (Å²) in [5.41, 5.74) is 7.84. The lowest BCUT2D eigenvalue weighted by atomic mass is 10.0. The minimum atomic E-state index is -0.594. The Hall–Kier alpha value is -2.50. The molecule has 0 aliphatic heterocycles. The molecule has 0 radical (unpaired) electrons. The number of hydrogen-bond acceptors (Lipinski definition) is 6. The summed E-state index contributed by atoms with van der Waals surface area (Å²) in [6, 6.07) is 5.41. The van der Waals surface area contributed by atoms with Gasteiger partial charge in [0.25, 0.3) is 0 Å². The summed E-state index contributed by atoms with van der Waals surface area (Å²) in [5.74, 6) is 0.229. The molecule has 1 aromatic carbocycles. The van der Waals surface area contributed by atoms with Crippen LogP contribution in [0.1, 0.15) is 16.1 Å². The van der Waals surface area contributed by atoms with Crippen molar-refractivity contribution in [3.8, 4) is 16.9 Å². The summed E-state index contributed by atoms with van der Waals surface area (Å²) in [7, 11) is 2.87. The van der Waals surface area contributed by atoms with Crippen LogP contribution in [0.15, 0.2) is 22.7 Å². The summed E-state index contributed by atoms with van der Waals surface area (Å²) in [5, 5.41) is 3.63. The molecule has 0 atom stereocenters. The molecule has 0 spiro atoms. The maximum atomic E-state index is 11.6. The van der Waals surface area contributed by atoms with Crippen molar-refractivity contribution < 1.29 is 18.8 Å². The Morgan fingerprint density at radius 3 is 2.68 bits per heavy atom. The maximum absolute atomic E-state index is 11.6. The van der Waals surface area contributed by atoms with E-state index in [0.29, 0.717) is 5.56 Å². The maximum Gasteiger partial charge on any atom is 0.361 e. The number of rotatable bonds is 3. The number of ether oxygens (including phenoxy) is 2. The molecule has 2 aromatic rings. The van der Waals surface area contributed by atoms with Gasteiger partial charge in [0, 0.05) is 0 Å². The van der Waals surface area contributed by atoms with E-state index >= 15 is 0 Å². The van der Waals surface area contributed by atoms with Gasteiger partial charge in [-0.15, -0.1) is 0 Å². The number of methoxy groups -OCH3 is 2. The Kier molecular flexibility index (Phi) is 3.41. The first-order valence-corrected chi connectivity index (χ1v) is 5.57. The molecule has 1 aromatic heterocycles. The van der Waals surface area contributed by atoms with Crippen LogP contribution in [0.4, 0.5) is 5.88 Å².